The Morgan fingerprint density at radius 2 is 2.14 bits per heavy atom. The van der Waals surface area contributed by atoms with Crippen LogP contribution in [-0.4, -0.2) is 27.0 Å². The molecule has 0 saturated heterocycles. The summed E-state index contributed by atoms with van der Waals surface area (Å²) in [5.41, 5.74) is -0.193. The molecule has 8 heteroatoms. The van der Waals surface area contributed by atoms with Crippen LogP contribution >= 0.6 is 11.6 Å². The monoisotopic (exact) mass is 313 g/mol. The van der Waals surface area contributed by atoms with Crippen LogP contribution in [0.4, 0.5) is 11.5 Å². The highest BCUT2D eigenvalue weighted by Gasteiger charge is 2.30. The predicted molar refractivity (Wildman–Crippen MR) is 77.5 cm³/mol. The summed E-state index contributed by atoms with van der Waals surface area (Å²) in [4.78, 5) is 25.4. The van der Waals surface area contributed by atoms with Gasteiger partial charge in [-0.1, -0.05) is 30.9 Å². The molecule has 2 rings (SSSR count). The van der Waals surface area contributed by atoms with Crippen molar-refractivity contribution in [3.8, 4) is 0 Å². The second kappa shape index (κ2) is 6.71. The van der Waals surface area contributed by atoms with E-state index in [4.69, 9.17) is 11.6 Å². The Labute approximate surface area is 126 Å². The van der Waals surface area contributed by atoms with Gasteiger partial charge >= 0.3 is 5.97 Å². The van der Waals surface area contributed by atoms with Crippen molar-refractivity contribution in [3.63, 3.8) is 0 Å². The van der Waals surface area contributed by atoms with Crippen LogP contribution in [-0.2, 0) is 4.79 Å². The second-order valence-corrected chi connectivity index (χ2v) is 5.52. The molecule has 1 saturated carbocycles. The van der Waals surface area contributed by atoms with E-state index < -0.39 is 16.8 Å². The molecule has 0 spiro atoms. The molecule has 0 aromatic carbocycles. The molecular formula is C13H16ClN3O4. The summed E-state index contributed by atoms with van der Waals surface area (Å²) in [7, 11) is 0. The first-order chi connectivity index (χ1) is 9.99. The molecule has 0 bridgehead atoms. The molecule has 2 unspecified atom stereocenters. The van der Waals surface area contributed by atoms with Gasteiger partial charge in [0.05, 0.1) is 15.9 Å². The van der Waals surface area contributed by atoms with Gasteiger partial charge in [-0.15, -0.1) is 0 Å². The minimum absolute atomic E-state index is 0.123. The molecule has 1 aliphatic carbocycles. The normalized spacial score (nSPS) is 22.3. The Balaban J connectivity index is 2.18. The van der Waals surface area contributed by atoms with E-state index in [-0.39, 0.29) is 16.8 Å². The van der Waals surface area contributed by atoms with Crippen molar-refractivity contribution in [2.45, 2.75) is 38.1 Å². The lowest BCUT2D eigenvalue weighted by atomic mass is 9.95. The van der Waals surface area contributed by atoms with Crippen molar-refractivity contribution in [1.29, 1.82) is 0 Å². The first-order valence-corrected chi connectivity index (χ1v) is 7.16. The van der Waals surface area contributed by atoms with Gasteiger partial charge in [0.25, 0.3) is 5.69 Å². The lowest BCUT2D eigenvalue weighted by Gasteiger charge is -2.23. The molecule has 0 aliphatic heterocycles. The summed E-state index contributed by atoms with van der Waals surface area (Å²) in [5, 5.41) is 23.1. The van der Waals surface area contributed by atoms with Gasteiger partial charge in [0.2, 0.25) is 0 Å². The molecule has 1 heterocycles. The fourth-order valence-electron chi connectivity index (χ4n) is 2.59. The molecule has 7 nitrogen and oxygen atoms in total. The summed E-state index contributed by atoms with van der Waals surface area (Å²) in [6.45, 7) is 0. The van der Waals surface area contributed by atoms with Crippen LogP contribution in [0.3, 0.4) is 0 Å². The van der Waals surface area contributed by atoms with Gasteiger partial charge in [0.1, 0.15) is 12.0 Å². The number of nitro groups is 1. The van der Waals surface area contributed by atoms with E-state index in [2.05, 4.69) is 10.3 Å². The van der Waals surface area contributed by atoms with Crippen molar-refractivity contribution in [2.75, 3.05) is 5.32 Å². The third-order valence-corrected chi connectivity index (χ3v) is 3.98. The molecule has 21 heavy (non-hydrogen) atoms. The fourth-order valence-corrected chi connectivity index (χ4v) is 2.80. The van der Waals surface area contributed by atoms with Gasteiger partial charge in [0.15, 0.2) is 0 Å². The van der Waals surface area contributed by atoms with E-state index in [0.717, 1.165) is 25.5 Å². The second-order valence-electron chi connectivity index (χ2n) is 5.11. The van der Waals surface area contributed by atoms with Crippen LogP contribution in [0.15, 0.2) is 12.3 Å². The molecule has 1 aromatic rings. The van der Waals surface area contributed by atoms with Gasteiger partial charge in [-0.3, -0.25) is 14.9 Å². The maximum atomic E-state index is 11.4. The number of halogens is 1. The number of carboxylic acid groups (broad SMARTS) is 1. The zero-order valence-electron chi connectivity index (χ0n) is 11.3. The number of pyridine rings is 1. The van der Waals surface area contributed by atoms with Gasteiger partial charge in [-0.05, 0) is 12.8 Å². The molecule has 0 amide bonds. The van der Waals surface area contributed by atoms with Gasteiger partial charge in [0, 0.05) is 12.1 Å². The first-order valence-electron chi connectivity index (χ1n) is 6.78. The van der Waals surface area contributed by atoms with Crippen LogP contribution in [0.1, 0.15) is 32.1 Å². The van der Waals surface area contributed by atoms with Gasteiger partial charge in [-0.25, -0.2) is 4.98 Å². The van der Waals surface area contributed by atoms with E-state index in [9.17, 15) is 20.0 Å². The zero-order valence-corrected chi connectivity index (χ0v) is 12.0. The lowest BCUT2D eigenvalue weighted by molar-refractivity contribution is -0.385. The highest BCUT2D eigenvalue weighted by atomic mass is 35.5. The summed E-state index contributed by atoms with van der Waals surface area (Å²) in [6.07, 6.45) is 5.26. The van der Waals surface area contributed by atoms with Crippen LogP contribution in [0.2, 0.25) is 5.02 Å². The van der Waals surface area contributed by atoms with Crippen LogP contribution in [0.25, 0.3) is 0 Å². The molecular weight excluding hydrogens is 298 g/mol. The fraction of sp³-hybridized carbons (Fsp3) is 0.538. The number of hydrogen-bond donors (Lipinski definition) is 2. The van der Waals surface area contributed by atoms with E-state index in [1.54, 1.807) is 0 Å². The molecule has 0 radical (unpaired) electrons. The average Bonchev–Trinajstić information content (AvgIpc) is 2.66. The smallest absolute Gasteiger partial charge is 0.308 e. The highest BCUT2D eigenvalue weighted by Crippen LogP contribution is 2.30. The number of carbonyl (C=O) groups is 1. The number of anilines is 1. The van der Waals surface area contributed by atoms with E-state index in [1.165, 1.54) is 6.07 Å². The number of nitrogens with one attached hydrogen (secondary N) is 1. The number of hydrogen-bond acceptors (Lipinski definition) is 5. The van der Waals surface area contributed by atoms with Crippen LogP contribution in [0.5, 0.6) is 0 Å². The average molecular weight is 314 g/mol. The van der Waals surface area contributed by atoms with Gasteiger partial charge < -0.3 is 10.4 Å². The van der Waals surface area contributed by atoms with Crippen LogP contribution in [0, 0.1) is 16.0 Å². The standard InChI is InChI=1S/C13H16ClN3O4/c14-10-6-8(17(20)21)7-15-12(10)16-11-5-3-1-2-4-9(11)13(18)19/h6-7,9,11H,1-5H2,(H,15,16)(H,18,19). The maximum Gasteiger partial charge on any atom is 0.308 e. The number of nitrogens with zero attached hydrogens (tertiary/aromatic N) is 2. The lowest BCUT2D eigenvalue weighted by Crippen LogP contribution is -2.34. The molecule has 1 aliphatic rings. The minimum Gasteiger partial charge on any atom is -0.481 e. The van der Waals surface area contributed by atoms with E-state index >= 15 is 0 Å². The first kappa shape index (κ1) is 15.5. The summed E-state index contributed by atoms with van der Waals surface area (Å²) >= 11 is 5.98. The Morgan fingerprint density at radius 3 is 2.76 bits per heavy atom. The SMILES string of the molecule is O=C(O)C1CCCCCC1Nc1ncc([N+](=O)[O-])cc1Cl. The van der Waals surface area contributed by atoms with Crippen molar-refractivity contribution >= 4 is 29.1 Å². The van der Waals surface area contributed by atoms with E-state index in [0.29, 0.717) is 18.7 Å². The quantitative estimate of drug-likeness (QED) is 0.502. The molecule has 1 fully saturated rings. The Morgan fingerprint density at radius 1 is 1.43 bits per heavy atom. The number of carboxylic acids is 1. The van der Waals surface area contributed by atoms with Crippen molar-refractivity contribution in [3.05, 3.63) is 27.4 Å². The zero-order chi connectivity index (χ0) is 15.4. The third kappa shape index (κ3) is 3.81. The topological polar surface area (TPSA) is 105 Å². The number of aromatic nitrogens is 1. The van der Waals surface area contributed by atoms with Crippen molar-refractivity contribution < 1.29 is 14.8 Å². The Bertz CT molecular complexity index is 552. The number of aliphatic carboxylic acids is 1. The summed E-state index contributed by atoms with van der Waals surface area (Å²) < 4.78 is 0. The van der Waals surface area contributed by atoms with E-state index in [1.807, 2.05) is 0 Å². The maximum absolute atomic E-state index is 11.4. The molecule has 2 atom stereocenters. The minimum atomic E-state index is -0.840. The Hall–Kier alpha value is -1.89. The third-order valence-electron chi connectivity index (χ3n) is 3.69. The Kier molecular flexibility index (Phi) is 4.95. The largest absolute Gasteiger partial charge is 0.481 e. The summed E-state index contributed by atoms with van der Waals surface area (Å²) in [6, 6.07) is 0.945. The van der Waals surface area contributed by atoms with Crippen molar-refractivity contribution in [2.24, 2.45) is 5.92 Å². The predicted octanol–water partition coefficient (Wildman–Crippen LogP) is 3.09. The molecule has 2 N–H and O–H groups in total. The summed E-state index contributed by atoms with van der Waals surface area (Å²) in [5.74, 6) is -1.05. The van der Waals surface area contributed by atoms with Gasteiger partial charge in [-0.2, -0.15) is 0 Å². The molecule has 114 valence electrons. The number of rotatable bonds is 4. The van der Waals surface area contributed by atoms with Crippen LogP contribution < -0.4 is 5.32 Å². The molecule has 1 aromatic heterocycles. The van der Waals surface area contributed by atoms with Crippen molar-refractivity contribution in [1.82, 2.24) is 4.98 Å². The highest BCUT2D eigenvalue weighted by molar-refractivity contribution is 6.33.